The Hall–Kier alpha value is -2.27. The van der Waals surface area contributed by atoms with Crippen molar-refractivity contribution in [2.45, 2.75) is 0 Å². The zero-order chi connectivity index (χ0) is 15.4. The second-order valence-corrected chi connectivity index (χ2v) is 5.28. The molecule has 11 heteroatoms. The van der Waals surface area contributed by atoms with Crippen molar-refractivity contribution in [3.05, 3.63) is 38.9 Å². The normalized spacial score (nSPS) is 10.1. The number of hydrogen-bond acceptors (Lipinski definition) is 8. The van der Waals surface area contributed by atoms with Crippen LogP contribution in [0.2, 0.25) is 0 Å². The molecule has 0 bridgehead atoms. The van der Waals surface area contributed by atoms with Crippen LogP contribution in [0, 0.1) is 10.1 Å². The Morgan fingerprint density at radius 3 is 2.86 bits per heavy atom. The van der Waals surface area contributed by atoms with Crippen LogP contribution in [0.15, 0.2) is 27.4 Å². The lowest BCUT2D eigenvalue weighted by Gasteiger charge is -2.02. The highest BCUT2D eigenvalue weighted by atomic mass is 79.9. The molecule has 0 aliphatic carbocycles. The number of halogens is 1. The fourth-order valence-electron chi connectivity index (χ4n) is 1.19. The van der Waals surface area contributed by atoms with Crippen LogP contribution in [0.1, 0.15) is 10.6 Å². The van der Waals surface area contributed by atoms with Gasteiger partial charge in [-0.15, -0.1) is 0 Å². The molecule has 2 aromatic heterocycles. The molecule has 9 nitrogen and oxygen atoms in total. The van der Waals surface area contributed by atoms with Crippen LogP contribution < -0.4 is 5.32 Å². The number of nitro groups is 1. The van der Waals surface area contributed by atoms with E-state index in [1.807, 2.05) is 0 Å². The SMILES string of the molecule is O=C(COC(=O)c1ccc(Br)o1)Nc1ncc([N+](=O)[O-])s1. The summed E-state index contributed by atoms with van der Waals surface area (Å²) in [4.78, 5) is 36.5. The second-order valence-electron chi connectivity index (χ2n) is 3.49. The minimum absolute atomic E-state index is 0.0449. The molecule has 0 aromatic carbocycles. The maximum atomic E-state index is 11.5. The first-order valence-electron chi connectivity index (χ1n) is 5.28. The Morgan fingerprint density at radius 1 is 1.52 bits per heavy atom. The molecule has 21 heavy (non-hydrogen) atoms. The minimum Gasteiger partial charge on any atom is -0.450 e. The molecule has 2 heterocycles. The molecule has 2 rings (SSSR count). The summed E-state index contributed by atoms with van der Waals surface area (Å²) in [5.74, 6) is -1.53. The number of nitrogens with one attached hydrogen (secondary N) is 1. The molecule has 1 amide bonds. The molecular weight excluding hydrogens is 370 g/mol. The van der Waals surface area contributed by atoms with Crippen LogP contribution in [-0.4, -0.2) is 28.4 Å². The van der Waals surface area contributed by atoms with E-state index in [2.05, 4.69) is 26.2 Å². The van der Waals surface area contributed by atoms with Gasteiger partial charge in [-0.3, -0.25) is 20.2 Å². The first-order valence-corrected chi connectivity index (χ1v) is 6.89. The van der Waals surface area contributed by atoms with Crippen molar-refractivity contribution < 1.29 is 23.7 Å². The molecule has 0 saturated heterocycles. The largest absolute Gasteiger partial charge is 0.450 e. The van der Waals surface area contributed by atoms with E-state index in [4.69, 9.17) is 9.15 Å². The maximum Gasteiger partial charge on any atom is 0.374 e. The van der Waals surface area contributed by atoms with Gasteiger partial charge in [0.1, 0.15) is 6.20 Å². The van der Waals surface area contributed by atoms with Crippen LogP contribution in [0.5, 0.6) is 0 Å². The number of carbonyl (C=O) groups is 2. The lowest BCUT2D eigenvalue weighted by molar-refractivity contribution is -0.380. The van der Waals surface area contributed by atoms with Crippen molar-refractivity contribution in [2.75, 3.05) is 11.9 Å². The van der Waals surface area contributed by atoms with E-state index in [1.165, 1.54) is 12.1 Å². The molecule has 1 N–H and O–H groups in total. The van der Waals surface area contributed by atoms with E-state index in [0.717, 1.165) is 6.20 Å². The summed E-state index contributed by atoms with van der Waals surface area (Å²) in [6.45, 7) is -0.565. The molecule has 0 unspecified atom stereocenters. The highest BCUT2D eigenvalue weighted by Crippen LogP contribution is 2.24. The monoisotopic (exact) mass is 375 g/mol. The van der Waals surface area contributed by atoms with Crippen molar-refractivity contribution in [1.82, 2.24) is 4.98 Å². The fourth-order valence-corrected chi connectivity index (χ4v) is 2.14. The van der Waals surface area contributed by atoms with Gasteiger partial charge in [0.05, 0.1) is 4.92 Å². The maximum absolute atomic E-state index is 11.5. The first-order chi connectivity index (χ1) is 9.95. The molecule has 0 spiro atoms. The summed E-state index contributed by atoms with van der Waals surface area (Å²) >= 11 is 3.72. The summed E-state index contributed by atoms with van der Waals surface area (Å²) in [7, 11) is 0. The Bertz CT molecular complexity index is 697. The van der Waals surface area contributed by atoms with Crippen LogP contribution in [0.3, 0.4) is 0 Å². The van der Waals surface area contributed by atoms with Crippen molar-refractivity contribution in [3.63, 3.8) is 0 Å². The molecule has 110 valence electrons. The molecule has 0 saturated carbocycles. The zero-order valence-corrected chi connectivity index (χ0v) is 12.5. The third-order valence-electron chi connectivity index (χ3n) is 2.03. The zero-order valence-electron chi connectivity index (χ0n) is 10.1. The number of hydrogen-bond donors (Lipinski definition) is 1. The number of carbonyl (C=O) groups excluding carboxylic acids is 2. The molecule has 0 atom stereocenters. The van der Waals surface area contributed by atoms with Crippen LogP contribution >= 0.6 is 27.3 Å². The number of aromatic nitrogens is 1. The number of rotatable bonds is 5. The van der Waals surface area contributed by atoms with Crippen molar-refractivity contribution in [1.29, 1.82) is 0 Å². The number of ether oxygens (including phenoxy) is 1. The highest BCUT2D eigenvalue weighted by molar-refractivity contribution is 9.10. The summed E-state index contributed by atoms with van der Waals surface area (Å²) < 4.78 is 10.0. The topological polar surface area (TPSA) is 125 Å². The highest BCUT2D eigenvalue weighted by Gasteiger charge is 2.16. The second kappa shape index (κ2) is 6.45. The molecule has 0 fully saturated rings. The summed E-state index contributed by atoms with van der Waals surface area (Å²) in [6.07, 6.45) is 1.02. The molecule has 2 aromatic rings. The van der Waals surface area contributed by atoms with Gasteiger partial charge in [0.25, 0.3) is 5.91 Å². The predicted octanol–water partition coefficient (Wildman–Crippen LogP) is 2.20. The van der Waals surface area contributed by atoms with Crippen molar-refractivity contribution in [3.8, 4) is 0 Å². The van der Waals surface area contributed by atoms with E-state index in [-0.39, 0.29) is 15.9 Å². The Balaban J connectivity index is 1.84. The molecule has 0 radical (unpaired) electrons. The van der Waals surface area contributed by atoms with E-state index < -0.39 is 23.4 Å². The average Bonchev–Trinajstić information content (AvgIpc) is 3.05. The smallest absolute Gasteiger partial charge is 0.374 e. The lowest BCUT2D eigenvalue weighted by Crippen LogP contribution is -2.20. The minimum atomic E-state index is -0.805. The van der Waals surface area contributed by atoms with Gasteiger partial charge in [0.15, 0.2) is 16.4 Å². The van der Waals surface area contributed by atoms with E-state index in [9.17, 15) is 19.7 Å². The van der Waals surface area contributed by atoms with Gasteiger partial charge in [0.2, 0.25) is 5.76 Å². The van der Waals surface area contributed by atoms with Crippen molar-refractivity contribution >= 4 is 49.3 Å². The van der Waals surface area contributed by atoms with Gasteiger partial charge in [-0.25, -0.2) is 9.78 Å². The number of thiazole rings is 1. The van der Waals surface area contributed by atoms with Gasteiger partial charge >= 0.3 is 11.0 Å². The van der Waals surface area contributed by atoms with Crippen molar-refractivity contribution in [2.24, 2.45) is 0 Å². The summed E-state index contributed by atoms with van der Waals surface area (Å²) in [6, 6.07) is 2.89. The van der Waals surface area contributed by atoms with Gasteiger partial charge in [0, 0.05) is 0 Å². The number of furan rings is 1. The Labute approximate surface area is 129 Å². The van der Waals surface area contributed by atoms with Crippen LogP contribution in [0.25, 0.3) is 0 Å². The van der Waals surface area contributed by atoms with Gasteiger partial charge < -0.3 is 9.15 Å². The van der Waals surface area contributed by atoms with Crippen LogP contribution in [-0.2, 0) is 9.53 Å². The standard InChI is InChI=1S/C10H6BrN3O6S/c11-6-2-1-5(20-6)9(16)19-4-7(15)13-10-12-3-8(21-10)14(17)18/h1-3H,4H2,(H,12,13,15). The Kier molecular flexibility index (Phi) is 4.65. The number of anilines is 1. The fraction of sp³-hybridized carbons (Fsp3) is 0.100. The number of esters is 1. The van der Waals surface area contributed by atoms with E-state index in [0.29, 0.717) is 16.0 Å². The first kappa shape index (κ1) is 15.1. The lowest BCUT2D eigenvalue weighted by atomic mass is 10.4. The average molecular weight is 376 g/mol. The van der Waals surface area contributed by atoms with Crippen LogP contribution in [0.4, 0.5) is 10.1 Å². The van der Waals surface area contributed by atoms with Gasteiger partial charge in [-0.1, -0.05) is 0 Å². The summed E-state index contributed by atoms with van der Waals surface area (Å²) in [5.41, 5.74) is 0. The number of amides is 1. The molecular formula is C10H6BrN3O6S. The quantitative estimate of drug-likeness (QED) is 0.482. The number of nitrogens with zero attached hydrogens (tertiary/aromatic N) is 2. The summed E-state index contributed by atoms with van der Waals surface area (Å²) in [5, 5.41) is 12.6. The van der Waals surface area contributed by atoms with Gasteiger partial charge in [-0.05, 0) is 39.4 Å². The molecule has 0 aliphatic rings. The van der Waals surface area contributed by atoms with E-state index >= 15 is 0 Å². The molecule has 0 aliphatic heterocycles. The third kappa shape index (κ3) is 4.10. The van der Waals surface area contributed by atoms with E-state index in [1.54, 1.807) is 0 Å². The van der Waals surface area contributed by atoms with Gasteiger partial charge in [-0.2, -0.15) is 0 Å². The Morgan fingerprint density at radius 2 is 2.29 bits per heavy atom. The third-order valence-corrected chi connectivity index (χ3v) is 3.32. The predicted molar refractivity (Wildman–Crippen MR) is 74.1 cm³/mol.